The zero-order valence-electron chi connectivity index (χ0n) is 12.3. The standard InChI is InChI=1S/C13H23O4PS/c1-11-7-9-12(10-8-11)19(15,16)17-18(4,5,6)13(2,3)14/h7-10,14H,1-6H3. The van der Waals surface area contributed by atoms with Gasteiger partial charge in [-0.05, 0) is 0 Å². The number of aryl methyl sites for hydroxylation is 1. The van der Waals surface area contributed by atoms with Gasteiger partial charge in [0.1, 0.15) is 0 Å². The number of rotatable bonds is 4. The average molecular weight is 306 g/mol. The van der Waals surface area contributed by atoms with E-state index in [4.69, 9.17) is 3.97 Å². The van der Waals surface area contributed by atoms with Gasteiger partial charge in [0.05, 0.1) is 0 Å². The molecule has 0 aromatic heterocycles. The summed E-state index contributed by atoms with van der Waals surface area (Å²) < 4.78 is 30.1. The summed E-state index contributed by atoms with van der Waals surface area (Å²) in [4.78, 5) is 0.113. The first-order chi connectivity index (χ1) is 8.23. The van der Waals surface area contributed by atoms with E-state index in [2.05, 4.69) is 0 Å². The van der Waals surface area contributed by atoms with Crippen molar-refractivity contribution in [1.82, 2.24) is 0 Å². The van der Waals surface area contributed by atoms with Crippen LogP contribution in [-0.4, -0.2) is 38.9 Å². The summed E-state index contributed by atoms with van der Waals surface area (Å²) in [6.07, 6.45) is 0. The number of hydrogen-bond acceptors (Lipinski definition) is 4. The molecule has 0 saturated carbocycles. The van der Waals surface area contributed by atoms with Crippen LogP contribution in [0.2, 0.25) is 0 Å². The van der Waals surface area contributed by atoms with E-state index < -0.39 is 22.3 Å². The van der Waals surface area contributed by atoms with Gasteiger partial charge in [0.25, 0.3) is 0 Å². The molecule has 6 heteroatoms. The third kappa shape index (κ3) is 3.54. The summed E-state index contributed by atoms with van der Waals surface area (Å²) in [7, 11) is -3.88. The molecule has 1 aromatic carbocycles. The van der Waals surface area contributed by atoms with E-state index in [1.54, 1.807) is 46.0 Å². The SMILES string of the molecule is Cc1ccc(S(=O)(=O)OP(C)(C)(C)C(C)(C)O)cc1. The molecule has 0 fully saturated rings. The van der Waals surface area contributed by atoms with Crippen molar-refractivity contribution in [2.24, 2.45) is 0 Å². The van der Waals surface area contributed by atoms with Gasteiger partial charge in [-0.3, -0.25) is 0 Å². The molecule has 4 nitrogen and oxygen atoms in total. The Labute approximate surface area is 115 Å². The van der Waals surface area contributed by atoms with Gasteiger partial charge in [-0.2, -0.15) is 0 Å². The Morgan fingerprint density at radius 2 is 1.53 bits per heavy atom. The van der Waals surface area contributed by atoms with Crippen LogP contribution in [0.15, 0.2) is 29.2 Å². The van der Waals surface area contributed by atoms with Crippen LogP contribution < -0.4 is 0 Å². The molecule has 0 saturated heterocycles. The van der Waals surface area contributed by atoms with Crippen molar-refractivity contribution in [2.75, 3.05) is 20.0 Å². The van der Waals surface area contributed by atoms with E-state index in [-0.39, 0.29) is 4.90 Å². The van der Waals surface area contributed by atoms with Crippen molar-refractivity contribution in [3.63, 3.8) is 0 Å². The molecule has 0 bridgehead atoms. The number of aliphatic hydroxyl groups is 1. The summed E-state index contributed by atoms with van der Waals surface area (Å²) in [6.45, 7) is 6.87. The van der Waals surface area contributed by atoms with Gasteiger partial charge in [-0.1, -0.05) is 0 Å². The van der Waals surface area contributed by atoms with Crippen molar-refractivity contribution < 1.29 is 17.5 Å². The van der Waals surface area contributed by atoms with Crippen molar-refractivity contribution in [2.45, 2.75) is 31.0 Å². The van der Waals surface area contributed by atoms with Crippen LogP contribution in [0.3, 0.4) is 0 Å². The topological polar surface area (TPSA) is 63.6 Å². The summed E-state index contributed by atoms with van der Waals surface area (Å²) >= 11 is 0. The fourth-order valence-electron chi connectivity index (χ4n) is 1.18. The Morgan fingerprint density at radius 1 is 1.11 bits per heavy atom. The number of benzene rings is 1. The Bertz CT molecular complexity index is 559. The molecular formula is C13H23O4PS. The molecule has 0 aliphatic rings. The zero-order chi connectivity index (χ0) is 15.1. The maximum absolute atomic E-state index is 12.3. The van der Waals surface area contributed by atoms with Gasteiger partial charge in [-0.25, -0.2) is 0 Å². The van der Waals surface area contributed by atoms with E-state index >= 15 is 0 Å². The average Bonchev–Trinajstić information content (AvgIpc) is 2.13. The summed E-state index contributed by atoms with van der Waals surface area (Å²) in [5, 5.41) is 9.02. The Hall–Kier alpha value is -0.480. The van der Waals surface area contributed by atoms with Crippen LogP contribution in [0.5, 0.6) is 0 Å². The molecule has 0 spiro atoms. The number of hydrogen-bond donors (Lipinski definition) is 1. The van der Waals surface area contributed by atoms with Crippen LogP contribution in [0.1, 0.15) is 19.4 Å². The molecule has 0 atom stereocenters. The summed E-state index contributed by atoms with van der Waals surface area (Å²) in [5.74, 6) is 0. The molecule has 1 rings (SSSR count). The monoisotopic (exact) mass is 306 g/mol. The van der Waals surface area contributed by atoms with Crippen molar-refractivity contribution >= 4 is 16.9 Å². The van der Waals surface area contributed by atoms with E-state index in [1.807, 2.05) is 6.92 Å². The molecule has 0 aliphatic heterocycles. The molecule has 0 amide bonds. The van der Waals surface area contributed by atoms with Gasteiger partial charge in [0.2, 0.25) is 0 Å². The molecule has 1 N–H and O–H groups in total. The second kappa shape index (κ2) is 4.52. The molecule has 0 unspecified atom stereocenters. The van der Waals surface area contributed by atoms with E-state index in [1.165, 1.54) is 12.1 Å². The minimum atomic E-state index is -3.88. The van der Waals surface area contributed by atoms with Gasteiger partial charge >= 0.3 is 115 Å². The summed E-state index contributed by atoms with van der Waals surface area (Å²) in [5.41, 5.74) is 0.975. The third-order valence-corrected chi connectivity index (χ3v) is 11.0. The first-order valence-electron chi connectivity index (χ1n) is 6.00. The van der Waals surface area contributed by atoms with Crippen LogP contribution in [0.25, 0.3) is 0 Å². The second-order valence-corrected chi connectivity index (χ2v) is 14.9. The fraction of sp³-hybridized carbons (Fsp3) is 0.538. The summed E-state index contributed by atoms with van der Waals surface area (Å²) in [6, 6.07) is 6.47. The predicted octanol–water partition coefficient (Wildman–Crippen LogP) is 2.79. The van der Waals surface area contributed by atoms with Gasteiger partial charge < -0.3 is 0 Å². The predicted molar refractivity (Wildman–Crippen MR) is 80.4 cm³/mol. The molecule has 0 radical (unpaired) electrons. The van der Waals surface area contributed by atoms with E-state index in [0.717, 1.165) is 5.56 Å². The van der Waals surface area contributed by atoms with Crippen LogP contribution >= 0.6 is 6.83 Å². The Balaban J connectivity index is 3.21. The van der Waals surface area contributed by atoms with Crippen LogP contribution in [0, 0.1) is 6.92 Å². The first kappa shape index (κ1) is 16.6. The van der Waals surface area contributed by atoms with Crippen molar-refractivity contribution in [3.05, 3.63) is 29.8 Å². The Kier molecular flexibility index (Phi) is 3.94. The van der Waals surface area contributed by atoms with Gasteiger partial charge in [-0.15, -0.1) is 0 Å². The van der Waals surface area contributed by atoms with E-state index in [0.29, 0.717) is 0 Å². The molecule has 1 aromatic rings. The van der Waals surface area contributed by atoms with Gasteiger partial charge in [0.15, 0.2) is 0 Å². The molecule has 19 heavy (non-hydrogen) atoms. The molecule has 0 aliphatic carbocycles. The first-order valence-corrected chi connectivity index (χ1v) is 10.9. The molecule has 0 heterocycles. The fourth-order valence-corrected chi connectivity index (χ4v) is 5.47. The second-order valence-electron chi connectivity index (χ2n) is 6.49. The van der Waals surface area contributed by atoms with Crippen molar-refractivity contribution in [1.29, 1.82) is 0 Å². The maximum atomic E-state index is 12.3. The van der Waals surface area contributed by atoms with Crippen molar-refractivity contribution in [3.8, 4) is 0 Å². The quantitative estimate of drug-likeness (QED) is 0.869. The normalized spacial score (nSPS) is 15.8. The minimum absolute atomic E-state index is 0.113. The zero-order valence-corrected chi connectivity index (χ0v) is 14.0. The third-order valence-electron chi connectivity index (χ3n) is 3.53. The van der Waals surface area contributed by atoms with Gasteiger partial charge in [0, 0.05) is 0 Å². The van der Waals surface area contributed by atoms with E-state index in [9.17, 15) is 13.5 Å². The molecular weight excluding hydrogens is 283 g/mol. The van der Waals surface area contributed by atoms with Crippen LogP contribution in [-0.2, 0) is 14.1 Å². The molecule has 110 valence electrons. The Morgan fingerprint density at radius 3 is 1.89 bits per heavy atom. The van der Waals surface area contributed by atoms with Crippen LogP contribution in [0.4, 0.5) is 0 Å².